The number of aryl methyl sites for hydroxylation is 2. The second kappa shape index (κ2) is 4.59. The second-order valence-corrected chi connectivity index (χ2v) is 5.68. The summed E-state index contributed by atoms with van der Waals surface area (Å²) >= 11 is 1.61. The molecule has 0 fully saturated rings. The highest BCUT2D eigenvalue weighted by atomic mass is 32.1. The minimum atomic E-state index is 0.0367. The van der Waals surface area contributed by atoms with Gasteiger partial charge in [-0.05, 0) is 43.5 Å². The van der Waals surface area contributed by atoms with Gasteiger partial charge < -0.3 is 0 Å². The number of pyridine rings is 1. The first-order valence-corrected chi connectivity index (χ1v) is 6.98. The molecule has 0 saturated carbocycles. The molecule has 94 valence electrons. The van der Waals surface area contributed by atoms with Gasteiger partial charge in [-0.1, -0.05) is 17.2 Å². The molecule has 0 aliphatic heterocycles. The van der Waals surface area contributed by atoms with Gasteiger partial charge in [-0.2, -0.15) is 0 Å². The summed E-state index contributed by atoms with van der Waals surface area (Å²) in [5, 5.41) is 1.99. The van der Waals surface area contributed by atoms with Crippen molar-refractivity contribution < 1.29 is 4.79 Å². The summed E-state index contributed by atoms with van der Waals surface area (Å²) < 4.78 is 1.05. The summed E-state index contributed by atoms with van der Waals surface area (Å²) in [6.45, 7) is 4.01. The molecule has 0 unspecified atom stereocenters. The number of ketones is 1. The predicted molar refractivity (Wildman–Crippen MR) is 79.0 cm³/mol. The minimum absolute atomic E-state index is 0.0367. The molecule has 2 nitrogen and oxygen atoms in total. The van der Waals surface area contributed by atoms with Gasteiger partial charge in [-0.25, -0.2) is 0 Å². The van der Waals surface area contributed by atoms with Crippen LogP contribution in [-0.2, 0) is 0 Å². The fourth-order valence-corrected chi connectivity index (χ4v) is 3.02. The highest BCUT2D eigenvalue weighted by Crippen LogP contribution is 2.21. The Kier molecular flexibility index (Phi) is 2.91. The molecule has 3 aromatic rings. The molecule has 0 N–H and O–H groups in total. The van der Waals surface area contributed by atoms with Crippen LogP contribution in [0.2, 0.25) is 0 Å². The lowest BCUT2D eigenvalue weighted by molar-refractivity contribution is 0.103. The van der Waals surface area contributed by atoms with Crippen molar-refractivity contribution in [3.8, 4) is 0 Å². The summed E-state index contributed by atoms with van der Waals surface area (Å²) in [7, 11) is 0. The van der Waals surface area contributed by atoms with Crippen molar-refractivity contribution in [2.24, 2.45) is 0 Å². The van der Waals surface area contributed by atoms with Crippen molar-refractivity contribution in [3.05, 3.63) is 64.2 Å². The topological polar surface area (TPSA) is 30.0 Å². The Morgan fingerprint density at radius 2 is 1.79 bits per heavy atom. The monoisotopic (exact) mass is 267 g/mol. The maximum absolute atomic E-state index is 12.5. The van der Waals surface area contributed by atoms with Crippen molar-refractivity contribution >= 4 is 27.3 Å². The number of benzene rings is 1. The summed E-state index contributed by atoms with van der Waals surface area (Å²) in [6, 6.07) is 9.80. The lowest BCUT2D eigenvalue weighted by Gasteiger charge is -2.04. The van der Waals surface area contributed by atoms with Gasteiger partial charge >= 0.3 is 0 Å². The number of hydrogen-bond acceptors (Lipinski definition) is 3. The molecule has 19 heavy (non-hydrogen) atoms. The summed E-state index contributed by atoms with van der Waals surface area (Å²) in [5.74, 6) is 0.0367. The molecule has 0 atom stereocenters. The van der Waals surface area contributed by atoms with Crippen LogP contribution in [0.5, 0.6) is 0 Å². The van der Waals surface area contributed by atoms with Crippen LogP contribution in [-0.4, -0.2) is 10.8 Å². The SMILES string of the molecule is Cc1cc(C)cc(C(=O)c2cnc3ccsc3c2)c1. The van der Waals surface area contributed by atoms with Crippen LogP contribution >= 0.6 is 11.3 Å². The zero-order valence-electron chi connectivity index (χ0n) is 10.8. The molecule has 2 aromatic heterocycles. The molecule has 0 spiro atoms. The Labute approximate surface area is 115 Å². The first-order chi connectivity index (χ1) is 9.13. The third-order valence-electron chi connectivity index (χ3n) is 3.05. The number of carbonyl (C=O) groups is 1. The Bertz CT molecular complexity index is 753. The van der Waals surface area contributed by atoms with E-state index in [4.69, 9.17) is 0 Å². The first kappa shape index (κ1) is 12.1. The van der Waals surface area contributed by atoms with Crippen LogP contribution in [0.1, 0.15) is 27.0 Å². The molecule has 3 heteroatoms. The first-order valence-electron chi connectivity index (χ1n) is 6.10. The van der Waals surface area contributed by atoms with Gasteiger partial charge in [0.2, 0.25) is 0 Å². The van der Waals surface area contributed by atoms with Gasteiger partial charge in [0.15, 0.2) is 5.78 Å². The van der Waals surface area contributed by atoms with Gasteiger partial charge in [-0.3, -0.25) is 9.78 Å². The van der Waals surface area contributed by atoms with Crippen molar-refractivity contribution in [1.29, 1.82) is 0 Å². The van der Waals surface area contributed by atoms with E-state index < -0.39 is 0 Å². The van der Waals surface area contributed by atoms with Crippen molar-refractivity contribution in [2.45, 2.75) is 13.8 Å². The molecule has 0 amide bonds. The molecule has 0 bridgehead atoms. The summed E-state index contributed by atoms with van der Waals surface area (Å²) in [5.41, 5.74) is 4.54. The quantitative estimate of drug-likeness (QED) is 0.653. The Morgan fingerprint density at radius 3 is 2.53 bits per heavy atom. The van der Waals surface area contributed by atoms with E-state index in [1.807, 2.05) is 43.5 Å². The Morgan fingerprint density at radius 1 is 1.05 bits per heavy atom. The molecule has 2 heterocycles. The number of aromatic nitrogens is 1. The van der Waals surface area contributed by atoms with Gasteiger partial charge in [0.1, 0.15) is 0 Å². The third-order valence-corrected chi connectivity index (χ3v) is 3.90. The molecule has 0 radical (unpaired) electrons. The van der Waals surface area contributed by atoms with E-state index >= 15 is 0 Å². The van der Waals surface area contributed by atoms with E-state index in [1.165, 1.54) is 0 Å². The Hall–Kier alpha value is -2.00. The summed E-state index contributed by atoms with van der Waals surface area (Å²) in [4.78, 5) is 16.8. The van der Waals surface area contributed by atoms with Gasteiger partial charge in [0.05, 0.1) is 10.2 Å². The highest BCUT2D eigenvalue weighted by molar-refractivity contribution is 7.17. The molecule has 0 aliphatic carbocycles. The number of rotatable bonds is 2. The molecule has 1 aromatic carbocycles. The summed E-state index contributed by atoms with van der Waals surface area (Å²) in [6.07, 6.45) is 1.66. The zero-order valence-corrected chi connectivity index (χ0v) is 11.6. The lowest BCUT2D eigenvalue weighted by atomic mass is 10.0. The normalized spacial score (nSPS) is 10.8. The van der Waals surface area contributed by atoms with Crippen molar-refractivity contribution in [2.75, 3.05) is 0 Å². The number of fused-ring (bicyclic) bond motifs is 1. The van der Waals surface area contributed by atoms with E-state index in [0.717, 1.165) is 26.9 Å². The van der Waals surface area contributed by atoms with Crippen LogP contribution < -0.4 is 0 Å². The number of nitrogens with zero attached hydrogens (tertiary/aromatic N) is 1. The van der Waals surface area contributed by atoms with E-state index in [2.05, 4.69) is 11.1 Å². The lowest BCUT2D eigenvalue weighted by Crippen LogP contribution is -2.02. The van der Waals surface area contributed by atoms with E-state index in [0.29, 0.717) is 5.56 Å². The highest BCUT2D eigenvalue weighted by Gasteiger charge is 2.11. The van der Waals surface area contributed by atoms with Crippen LogP contribution in [0.25, 0.3) is 10.2 Å². The van der Waals surface area contributed by atoms with Crippen LogP contribution in [0.3, 0.4) is 0 Å². The van der Waals surface area contributed by atoms with Crippen molar-refractivity contribution in [1.82, 2.24) is 4.98 Å². The van der Waals surface area contributed by atoms with Crippen LogP contribution in [0.4, 0.5) is 0 Å². The predicted octanol–water partition coefficient (Wildman–Crippen LogP) is 4.14. The average Bonchev–Trinajstić information content (AvgIpc) is 2.83. The number of thiophene rings is 1. The van der Waals surface area contributed by atoms with Crippen LogP contribution in [0, 0.1) is 13.8 Å². The fourth-order valence-electron chi connectivity index (χ4n) is 2.24. The van der Waals surface area contributed by atoms with Crippen LogP contribution in [0.15, 0.2) is 41.9 Å². The maximum Gasteiger partial charge on any atom is 0.194 e. The van der Waals surface area contributed by atoms with E-state index in [-0.39, 0.29) is 5.78 Å². The largest absolute Gasteiger partial charge is 0.289 e. The maximum atomic E-state index is 12.5. The molecular weight excluding hydrogens is 254 g/mol. The average molecular weight is 267 g/mol. The second-order valence-electron chi connectivity index (χ2n) is 4.73. The molecular formula is C16H13NOS. The van der Waals surface area contributed by atoms with Crippen molar-refractivity contribution in [3.63, 3.8) is 0 Å². The number of carbonyl (C=O) groups excluding carboxylic acids is 1. The number of hydrogen-bond donors (Lipinski definition) is 0. The Balaban J connectivity index is 2.07. The standard InChI is InChI=1S/C16H13NOS/c1-10-5-11(2)7-12(6-10)16(18)13-8-15-14(17-9-13)3-4-19-15/h3-9H,1-2H3. The fraction of sp³-hybridized carbons (Fsp3) is 0.125. The minimum Gasteiger partial charge on any atom is -0.289 e. The molecule has 0 aliphatic rings. The zero-order chi connectivity index (χ0) is 13.4. The van der Waals surface area contributed by atoms with E-state index in [1.54, 1.807) is 17.5 Å². The third kappa shape index (κ3) is 2.29. The van der Waals surface area contributed by atoms with Gasteiger partial charge in [0, 0.05) is 17.3 Å². The molecule has 3 rings (SSSR count). The smallest absolute Gasteiger partial charge is 0.194 e. The van der Waals surface area contributed by atoms with Gasteiger partial charge in [-0.15, -0.1) is 11.3 Å². The van der Waals surface area contributed by atoms with E-state index in [9.17, 15) is 4.79 Å². The molecule has 0 saturated heterocycles. The van der Waals surface area contributed by atoms with Gasteiger partial charge in [0.25, 0.3) is 0 Å².